The number of para-hydroxylation sites is 2. The minimum Gasteiger partial charge on any atom is -0.377 e. The van der Waals surface area contributed by atoms with E-state index < -0.39 is 9.73 Å². The maximum absolute atomic E-state index is 12.9. The van der Waals surface area contributed by atoms with Crippen LogP contribution >= 0.6 is 0 Å². The highest BCUT2D eigenvalue weighted by atomic mass is 32.2. The average molecular weight is 427 g/mol. The van der Waals surface area contributed by atoms with Crippen molar-refractivity contribution in [2.45, 2.75) is 38.0 Å². The van der Waals surface area contributed by atoms with Gasteiger partial charge < -0.3 is 9.64 Å². The first kappa shape index (κ1) is 19.4. The lowest BCUT2D eigenvalue weighted by molar-refractivity contribution is 0.0985. The third-order valence-corrected chi connectivity index (χ3v) is 8.31. The molecule has 0 bridgehead atoms. The highest BCUT2D eigenvalue weighted by molar-refractivity contribution is 7.92. The molecule has 2 aromatic heterocycles. The van der Waals surface area contributed by atoms with E-state index >= 15 is 0 Å². The van der Waals surface area contributed by atoms with Crippen molar-refractivity contribution in [1.82, 2.24) is 19.5 Å². The molecule has 0 radical (unpaired) electrons. The van der Waals surface area contributed by atoms with Crippen LogP contribution < -0.4 is 4.90 Å². The summed E-state index contributed by atoms with van der Waals surface area (Å²) in [5, 5.41) is -0.357. The van der Waals surface area contributed by atoms with Gasteiger partial charge in [-0.05, 0) is 38.8 Å². The highest BCUT2D eigenvalue weighted by Gasteiger charge is 2.33. The van der Waals surface area contributed by atoms with E-state index in [2.05, 4.69) is 16.8 Å². The fourth-order valence-corrected chi connectivity index (χ4v) is 6.42. The predicted octanol–water partition coefficient (Wildman–Crippen LogP) is 3.23. The van der Waals surface area contributed by atoms with Crippen LogP contribution in [0.5, 0.6) is 0 Å². The summed E-state index contributed by atoms with van der Waals surface area (Å²) >= 11 is 0. The normalized spacial score (nSPS) is 27.1. The molecule has 1 N–H and O–H groups in total. The number of imidazole rings is 1. The summed E-state index contributed by atoms with van der Waals surface area (Å²) < 4.78 is 28.8. The zero-order chi connectivity index (χ0) is 20.9. The number of aryl methyl sites for hydroxylation is 1. The number of fused-ring (bicyclic) bond motifs is 1. The maximum atomic E-state index is 12.9. The standard InChI is InChI=1S/C21H26N6O2S/c1-14-13-29-10-9-26(14)20-12-17(19-8-5-11-30(19,22)28)24-21(25-20)27-15(2)23-16-6-3-4-7-18(16)27/h3-4,6-7,12,14,19,22H,5,8-11,13H2,1-2H3/t14-,19-,30?/m1/s1. The van der Waals surface area contributed by atoms with Crippen molar-refractivity contribution in [1.29, 1.82) is 4.78 Å². The Morgan fingerprint density at radius 3 is 2.83 bits per heavy atom. The number of aromatic nitrogens is 4. The Labute approximate surface area is 176 Å². The smallest absolute Gasteiger partial charge is 0.237 e. The lowest BCUT2D eigenvalue weighted by Crippen LogP contribution is -2.44. The minimum absolute atomic E-state index is 0.180. The van der Waals surface area contributed by atoms with Gasteiger partial charge in [-0.15, -0.1) is 0 Å². The second-order valence-corrected chi connectivity index (χ2v) is 10.5. The molecule has 8 nitrogen and oxygen atoms in total. The summed E-state index contributed by atoms with van der Waals surface area (Å²) in [7, 11) is -2.70. The van der Waals surface area contributed by atoms with E-state index in [0.717, 1.165) is 42.1 Å². The average Bonchev–Trinajstić information content (AvgIpc) is 3.25. The number of benzene rings is 1. The Kier molecular flexibility index (Phi) is 4.74. The van der Waals surface area contributed by atoms with Crippen LogP contribution in [0.15, 0.2) is 30.3 Å². The minimum atomic E-state index is -2.70. The Morgan fingerprint density at radius 1 is 1.23 bits per heavy atom. The van der Waals surface area contributed by atoms with E-state index in [4.69, 9.17) is 19.5 Å². The first-order chi connectivity index (χ1) is 14.4. The molecular weight excluding hydrogens is 400 g/mol. The molecule has 1 unspecified atom stereocenters. The van der Waals surface area contributed by atoms with Gasteiger partial charge in [-0.3, -0.25) is 9.35 Å². The molecule has 2 saturated heterocycles. The Bertz CT molecular complexity index is 1210. The van der Waals surface area contributed by atoms with Gasteiger partial charge in [-0.1, -0.05) is 12.1 Å². The monoisotopic (exact) mass is 426 g/mol. The number of hydrogen-bond donors (Lipinski definition) is 1. The van der Waals surface area contributed by atoms with Crippen molar-refractivity contribution in [3.63, 3.8) is 0 Å². The number of hydrogen-bond acceptors (Lipinski definition) is 7. The topological polar surface area (TPSA) is 97.0 Å². The first-order valence-corrected chi connectivity index (χ1v) is 12.2. The van der Waals surface area contributed by atoms with Crippen molar-refractivity contribution in [3.05, 3.63) is 41.9 Å². The summed E-state index contributed by atoms with van der Waals surface area (Å²) in [4.78, 5) is 16.6. The third-order valence-electron chi connectivity index (χ3n) is 6.01. The molecule has 158 valence electrons. The number of nitrogens with zero attached hydrogens (tertiary/aromatic N) is 5. The van der Waals surface area contributed by atoms with Gasteiger partial charge in [0, 0.05) is 18.4 Å². The quantitative estimate of drug-likeness (QED) is 0.691. The molecule has 4 heterocycles. The maximum Gasteiger partial charge on any atom is 0.237 e. The van der Waals surface area contributed by atoms with Crippen molar-refractivity contribution < 1.29 is 8.95 Å². The van der Waals surface area contributed by atoms with Crippen LogP contribution in [0.2, 0.25) is 0 Å². The second kappa shape index (κ2) is 7.31. The van der Waals surface area contributed by atoms with Gasteiger partial charge in [0.05, 0.1) is 51.0 Å². The van der Waals surface area contributed by atoms with Crippen molar-refractivity contribution in [2.75, 3.05) is 30.4 Å². The summed E-state index contributed by atoms with van der Waals surface area (Å²) in [6, 6.07) is 10.0. The van der Waals surface area contributed by atoms with E-state index in [1.54, 1.807) is 0 Å². The van der Waals surface area contributed by atoms with Crippen molar-refractivity contribution in [2.24, 2.45) is 0 Å². The van der Waals surface area contributed by atoms with Crippen LogP contribution in [0.1, 0.15) is 36.5 Å². The zero-order valence-electron chi connectivity index (χ0n) is 17.2. The second-order valence-electron chi connectivity index (χ2n) is 8.11. The summed E-state index contributed by atoms with van der Waals surface area (Å²) in [6.07, 6.45) is 1.52. The van der Waals surface area contributed by atoms with Gasteiger partial charge in [0.2, 0.25) is 5.95 Å². The van der Waals surface area contributed by atoms with Crippen molar-refractivity contribution in [3.8, 4) is 5.95 Å². The Hall–Kier alpha value is -2.52. The zero-order valence-corrected chi connectivity index (χ0v) is 18.1. The molecule has 0 saturated carbocycles. The fourth-order valence-electron chi connectivity index (χ4n) is 4.48. The van der Waals surface area contributed by atoms with Crippen LogP contribution in [0.4, 0.5) is 5.82 Å². The van der Waals surface area contributed by atoms with Crippen LogP contribution in [0.25, 0.3) is 17.0 Å². The number of morpholine rings is 1. The van der Waals surface area contributed by atoms with E-state index in [9.17, 15) is 4.21 Å². The predicted molar refractivity (Wildman–Crippen MR) is 117 cm³/mol. The van der Waals surface area contributed by atoms with Gasteiger partial charge in [-0.25, -0.2) is 14.2 Å². The van der Waals surface area contributed by atoms with E-state index in [1.807, 2.05) is 41.8 Å². The Balaban J connectivity index is 1.71. The van der Waals surface area contributed by atoms with Crippen molar-refractivity contribution >= 4 is 26.6 Å². The highest BCUT2D eigenvalue weighted by Crippen LogP contribution is 2.36. The number of anilines is 1. The van der Waals surface area contributed by atoms with Crippen LogP contribution in [-0.2, 0) is 14.5 Å². The molecule has 2 fully saturated rings. The fraction of sp³-hybridized carbons (Fsp3) is 0.476. The molecule has 0 aliphatic carbocycles. The van der Waals surface area contributed by atoms with Crippen LogP contribution in [0.3, 0.4) is 0 Å². The largest absolute Gasteiger partial charge is 0.377 e. The molecule has 9 heteroatoms. The Morgan fingerprint density at radius 2 is 2.07 bits per heavy atom. The molecule has 2 aliphatic rings. The van der Waals surface area contributed by atoms with E-state index in [-0.39, 0.29) is 11.3 Å². The lowest BCUT2D eigenvalue weighted by Gasteiger charge is -2.34. The number of ether oxygens (including phenoxy) is 1. The molecule has 3 atom stereocenters. The number of nitrogens with one attached hydrogen (secondary N) is 1. The van der Waals surface area contributed by atoms with Gasteiger partial charge in [0.25, 0.3) is 0 Å². The molecule has 0 amide bonds. The SMILES string of the molecule is Cc1nc2ccccc2n1-c1nc([C@H]2CCCS2(=N)=O)cc(N2CCOC[C@H]2C)n1. The van der Waals surface area contributed by atoms with Crippen LogP contribution in [-0.4, -0.2) is 55.3 Å². The third kappa shape index (κ3) is 3.26. The lowest BCUT2D eigenvalue weighted by atomic mass is 10.2. The first-order valence-electron chi connectivity index (χ1n) is 10.4. The van der Waals surface area contributed by atoms with Gasteiger partial charge >= 0.3 is 0 Å². The molecule has 2 aliphatic heterocycles. The molecule has 5 rings (SSSR count). The molecule has 1 aromatic carbocycles. The molecule has 3 aromatic rings. The number of rotatable bonds is 3. The molecule has 30 heavy (non-hydrogen) atoms. The van der Waals surface area contributed by atoms with Gasteiger partial charge in [0.15, 0.2) is 0 Å². The molecular formula is C21H26N6O2S. The molecule has 0 spiro atoms. The van der Waals surface area contributed by atoms with Gasteiger partial charge in [0.1, 0.15) is 11.6 Å². The van der Waals surface area contributed by atoms with Crippen LogP contribution in [0, 0.1) is 11.7 Å². The van der Waals surface area contributed by atoms with E-state index in [0.29, 0.717) is 30.6 Å². The summed E-state index contributed by atoms with van der Waals surface area (Å²) in [5.41, 5.74) is 2.52. The van der Waals surface area contributed by atoms with E-state index in [1.165, 1.54) is 0 Å². The summed E-state index contributed by atoms with van der Waals surface area (Å²) in [5.74, 6) is 2.56. The van der Waals surface area contributed by atoms with Gasteiger partial charge in [-0.2, -0.15) is 4.98 Å². The summed E-state index contributed by atoms with van der Waals surface area (Å²) in [6.45, 7) is 6.07.